The van der Waals surface area contributed by atoms with Crippen molar-refractivity contribution in [3.8, 4) is 0 Å². The Morgan fingerprint density at radius 1 is 1.60 bits per heavy atom. The van der Waals surface area contributed by atoms with Crippen molar-refractivity contribution in [1.82, 2.24) is 4.90 Å². The van der Waals surface area contributed by atoms with Crippen molar-refractivity contribution in [1.29, 1.82) is 0 Å². The minimum Gasteiger partial charge on any atom is -0.340 e. The molecule has 2 unspecified atom stereocenters. The standard InChI is InChI=1S/C8H13NO/c1-6(10)9-4-2-3-7-5-8(7)9/h7-8H,2-5H2,1H3. The molecule has 2 nitrogen and oxygen atoms in total. The van der Waals surface area contributed by atoms with Gasteiger partial charge in [0.05, 0.1) is 0 Å². The van der Waals surface area contributed by atoms with Crippen LogP contribution in [0.15, 0.2) is 0 Å². The zero-order valence-electron chi connectivity index (χ0n) is 6.34. The fourth-order valence-electron chi connectivity index (χ4n) is 2.00. The fourth-order valence-corrected chi connectivity index (χ4v) is 2.00. The van der Waals surface area contributed by atoms with Crippen LogP contribution in [0.25, 0.3) is 0 Å². The maximum atomic E-state index is 11.0. The number of piperidine rings is 1. The Hall–Kier alpha value is -0.530. The maximum absolute atomic E-state index is 11.0. The van der Waals surface area contributed by atoms with Crippen molar-refractivity contribution in [2.24, 2.45) is 5.92 Å². The number of amides is 1. The second-order valence-electron chi connectivity index (χ2n) is 3.42. The van der Waals surface area contributed by atoms with E-state index < -0.39 is 0 Å². The lowest BCUT2D eigenvalue weighted by molar-refractivity contribution is -0.130. The predicted molar refractivity (Wildman–Crippen MR) is 38.5 cm³/mol. The predicted octanol–water partition coefficient (Wildman–Crippen LogP) is 1.02. The van der Waals surface area contributed by atoms with Gasteiger partial charge in [-0.15, -0.1) is 0 Å². The molecular formula is C8H13NO. The van der Waals surface area contributed by atoms with Gasteiger partial charge in [0.1, 0.15) is 0 Å². The molecule has 2 fully saturated rings. The lowest BCUT2D eigenvalue weighted by atomic mass is 10.1. The second-order valence-corrected chi connectivity index (χ2v) is 3.42. The summed E-state index contributed by atoms with van der Waals surface area (Å²) in [6.45, 7) is 2.69. The molecular weight excluding hydrogens is 126 g/mol. The monoisotopic (exact) mass is 139 g/mol. The van der Waals surface area contributed by atoms with Gasteiger partial charge < -0.3 is 4.90 Å². The lowest BCUT2D eigenvalue weighted by Gasteiger charge is -2.24. The van der Waals surface area contributed by atoms with Crippen molar-refractivity contribution in [2.75, 3.05) is 6.54 Å². The molecule has 0 N–H and O–H groups in total. The smallest absolute Gasteiger partial charge is 0.219 e. The van der Waals surface area contributed by atoms with Gasteiger partial charge >= 0.3 is 0 Å². The van der Waals surface area contributed by atoms with Crippen LogP contribution in [0.3, 0.4) is 0 Å². The van der Waals surface area contributed by atoms with E-state index in [9.17, 15) is 4.79 Å². The number of likely N-dealkylation sites (tertiary alicyclic amines) is 1. The van der Waals surface area contributed by atoms with E-state index in [1.165, 1.54) is 19.3 Å². The highest BCUT2D eigenvalue weighted by Crippen LogP contribution is 2.42. The Kier molecular flexibility index (Phi) is 1.22. The minimum absolute atomic E-state index is 0.271. The van der Waals surface area contributed by atoms with Crippen LogP contribution in [0.1, 0.15) is 26.2 Å². The molecule has 10 heavy (non-hydrogen) atoms. The van der Waals surface area contributed by atoms with Crippen molar-refractivity contribution >= 4 is 5.91 Å². The van der Waals surface area contributed by atoms with Gasteiger partial charge in [0.15, 0.2) is 0 Å². The summed E-state index contributed by atoms with van der Waals surface area (Å²) in [5.41, 5.74) is 0. The molecule has 1 aliphatic heterocycles. The Bertz CT molecular complexity index is 167. The first-order valence-electron chi connectivity index (χ1n) is 4.06. The molecule has 1 saturated heterocycles. The van der Waals surface area contributed by atoms with E-state index in [0.717, 1.165) is 12.5 Å². The first-order valence-corrected chi connectivity index (χ1v) is 4.06. The van der Waals surface area contributed by atoms with Gasteiger partial charge in [-0.25, -0.2) is 0 Å². The van der Waals surface area contributed by atoms with Gasteiger partial charge in [0, 0.05) is 19.5 Å². The molecule has 0 aromatic carbocycles. The topological polar surface area (TPSA) is 20.3 Å². The molecule has 0 radical (unpaired) electrons. The van der Waals surface area contributed by atoms with E-state index in [0.29, 0.717) is 6.04 Å². The van der Waals surface area contributed by atoms with Crippen LogP contribution in [-0.4, -0.2) is 23.4 Å². The highest BCUT2D eigenvalue weighted by Gasteiger charge is 2.44. The van der Waals surface area contributed by atoms with Gasteiger partial charge in [-0.1, -0.05) is 0 Å². The maximum Gasteiger partial charge on any atom is 0.219 e. The van der Waals surface area contributed by atoms with Gasteiger partial charge in [-0.2, -0.15) is 0 Å². The van der Waals surface area contributed by atoms with Gasteiger partial charge in [-0.05, 0) is 25.2 Å². The van der Waals surface area contributed by atoms with Gasteiger partial charge in [0.2, 0.25) is 5.91 Å². The Labute approximate surface area is 61.2 Å². The average molecular weight is 139 g/mol. The summed E-state index contributed by atoms with van der Waals surface area (Å²) in [5.74, 6) is 1.14. The second kappa shape index (κ2) is 1.97. The van der Waals surface area contributed by atoms with Crippen LogP contribution >= 0.6 is 0 Å². The molecule has 1 amide bonds. The highest BCUT2D eigenvalue weighted by molar-refractivity contribution is 5.74. The van der Waals surface area contributed by atoms with E-state index in [1.807, 2.05) is 4.90 Å². The number of rotatable bonds is 0. The Morgan fingerprint density at radius 2 is 2.40 bits per heavy atom. The Balaban J connectivity index is 2.02. The summed E-state index contributed by atoms with van der Waals surface area (Å²) in [5, 5.41) is 0. The normalized spacial score (nSPS) is 37.1. The third-order valence-corrected chi connectivity index (χ3v) is 2.66. The number of carbonyl (C=O) groups excluding carboxylic acids is 1. The van der Waals surface area contributed by atoms with E-state index in [-0.39, 0.29) is 5.91 Å². The van der Waals surface area contributed by atoms with Crippen molar-refractivity contribution in [3.63, 3.8) is 0 Å². The molecule has 2 aliphatic rings. The van der Waals surface area contributed by atoms with Crippen LogP contribution in [-0.2, 0) is 4.79 Å². The van der Waals surface area contributed by atoms with Crippen LogP contribution in [0, 0.1) is 5.92 Å². The number of fused-ring (bicyclic) bond motifs is 1. The quantitative estimate of drug-likeness (QED) is 0.490. The van der Waals surface area contributed by atoms with Crippen LogP contribution in [0.4, 0.5) is 0 Å². The summed E-state index contributed by atoms with van der Waals surface area (Å²) in [6, 6.07) is 0.645. The largest absolute Gasteiger partial charge is 0.340 e. The summed E-state index contributed by atoms with van der Waals surface area (Å²) >= 11 is 0. The summed E-state index contributed by atoms with van der Waals surface area (Å²) in [4.78, 5) is 13.0. The van der Waals surface area contributed by atoms with Crippen molar-refractivity contribution in [3.05, 3.63) is 0 Å². The molecule has 0 aromatic heterocycles. The molecule has 0 spiro atoms. The van der Waals surface area contributed by atoms with E-state index in [2.05, 4.69) is 0 Å². The molecule has 0 aromatic rings. The average Bonchev–Trinajstić information content (AvgIpc) is 2.63. The number of nitrogens with zero attached hydrogens (tertiary/aromatic N) is 1. The molecule has 2 atom stereocenters. The van der Waals surface area contributed by atoms with E-state index in [4.69, 9.17) is 0 Å². The summed E-state index contributed by atoms with van der Waals surface area (Å²) in [7, 11) is 0. The van der Waals surface area contributed by atoms with Crippen molar-refractivity contribution in [2.45, 2.75) is 32.2 Å². The van der Waals surface area contributed by atoms with E-state index >= 15 is 0 Å². The molecule has 1 saturated carbocycles. The highest BCUT2D eigenvalue weighted by atomic mass is 16.2. The molecule has 2 heteroatoms. The number of hydrogen-bond acceptors (Lipinski definition) is 1. The molecule has 56 valence electrons. The number of carbonyl (C=O) groups is 1. The summed E-state index contributed by atoms with van der Waals surface area (Å²) in [6.07, 6.45) is 3.86. The lowest BCUT2D eigenvalue weighted by Crippen LogP contribution is -2.35. The molecule has 2 rings (SSSR count). The third kappa shape index (κ3) is 0.825. The fraction of sp³-hybridized carbons (Fsp3) is 0.875. The first kappa shape index (κ1) is 6.20. The molecule has 1 aliphatic carbocycles. The SMILES string of the molecule is CC(=O)N1CCCC2CC21. The van der Waals surface area contributed by atoms with Crippen LogP contribution in [0.5, 0.6) is 0 Å². The zero-order chi connectivity index (χ0) is 7.14. The third-order valence-electron chi connectivity index (χ3n) is 2.66. The first-order chi connectivity index (χ1) is 4.79. The summed E-state index contributed by atoms with van der Waals surface area (Å²) < 4.78 is 0. The number of hydrogen-bond donors (Lipinski definition) is 0. The minimum atomic E-state index is 0.271. The van der Waals surface area contributed by atoms with Crippen molar-refractivity contribution < 1.29 is 4.79 Å². The molecule has 0 bridgehead atoms. The van der Waals surface area contributed by atoms with Gasteiger partial charge in [-0.3, -0.25) is 4.79 Å². The Morgan fingerprint density at radius 3 is 3.00 bits per heavy atom. The van der Waals surface area contributed by atoms with Crippen LogP contribution in [0.2, 0.25) is 0 Å². The van der Waals surface area contributed by atoms with E-state index in [1.54, 1.807) is 6.92 Å². The zero-order valence-corrected chi connectivity index (χ0v) is 6.34. The van der Waals surface area contributed by atoms with Crippen LogP contribution < -0.4 is 0 Å². The van der Waals surface area contributed by atoms with Gasteiger partial charge in [0.25, 0.3) is 0 Å². The molecule has 1 heterocycles.